The molecule has 0 spiro atoms. The minimum Gasteiger partial charge on any atom is -0.465 e. The minimum atomic E-state index is -4.39. The van der Waals surface area contributed by atoms with Crippen molar-refractivity contribution in [3.05, 3.63) is 179 Å². The first-order chi connectivity index (χ1) is 29.9. The Morgan fingerprint density at radius 3 is 1.06 bits per heavy atom. The van der Waals surface area contributed by atoms with Crippen LogP contribution in [-0.2, 0) is 69.7 Å². The summed E-state index contributed by atoms with van der Waals surface area (Å²) in [6.45, 7) is -0.180. The third-order valence-corrected chi connectivity index (χ3v) is 14.1. The summed E-state index contributed by atoms with van der Waals surface area (Å²) in [6, 6.07) is 44.2. The third-order valence-electron chi connectivity index (χ3n) is 10.0. The van der Waals surface area contributed by atoms with Gasteiger partial charge < -0.3 is 48.0 Å². The molecule has 14 nitrogen and oxygen atoms in total. The molecule has 16 heteroatoms. The summed E-state index contributed by atoms with van der Waals surface area (Å²) < 4.78 is 64.4. The molecule has 5 rings (SSSR count). The lowest BCUT2D eigenvalue weighted by Crippen LogP contribution is -2.60. The summed E-state index contributed by atoms with van der Waals surface area (Å²) in [7, 11) is -8.78. The maximum atomic E-state index is 14.4. The van der Waals surface area contributed by atoms with Crippen molar-refractivity contribution in [3.8, 4) is 0 Å². The largest absolute Gasteiger partial charge is 0.465 e. The van der Waals surface area contributed by atoms with Crippen molar-refractivity contribution in [2.24, 2.45) is 0 Å². The Balaban J connectivity index is 1.39. The fraction of sp³-hybridized carbons (Fsp3) is 0.326. The van der Waals surface area contributed by atoms with E-state index in [2.05, 4.69) is 0 Å². The molecule has 0 fully saturated rings. The quantitative estimate of drug-likeness (QED) is 0.0387. The zero-order chi connectivity index (χ0) is 44.4. The van der Waals surface area contributed by atoms with E-state index in [4.69, 9.17) is 27.6 Å². The lowest BCUT2D eigenvalue weighted by molar-refractivity contribution is -0.122. The highest BCUT2D eigenvalue weighted by atomic mass is 31.2. The Bertz CT molecular complexity index is 1940. The maximum Gasteiger partial charge on any atom is 0.408 e. The van der Waals surface area contributed by atoms with E-state index in [0.717, 1.165) is 4.90 Å². The van der Waals surface area contributed by atoms with E-state index in [1.54, 1.807) is 127 Å². The lowest BCUT2D eigenvalue weighted by atomic mass is 9.99. The van der Waals surface area contributed by atoms with Gasteiger partial charge in [-0.15, -0.1) is 0 Å². The molecule has 0 aliphatic carbocycles. The zero-order valence-corrected chi connectivity index (χ0v) is 36.5. The second-order valence-corrected chi connectivity index (χ2v) is 19.0. The number of rotatable bonds is 26. The fourth-order valence-electron chi connectivity index (χ4n) is 6.17. The number of hydrogen-bond donors (Lipinski definition) is 4. The van der Waals surface area contributed by atoms with Crippen LogP contribution in [0.1, 0.15) is 41.7 Å². The number of carbonyl (C=O) groups is 1. The highest BCUT2D eigenvalue weighted by molar-refractivity contribution is 7.54. The standard InChI is InChI=1S/C46H55NO13P2/c1-36(43(49)61(53,57-29-39-20-10-4-11-21-39)58-30-40-22-12-5-13-23-40)55-34-46(33-48,47(45(51)52)28-38-18-8-3-9-19-38)35-56-37(2)44(50)62(54,59-31-41-24-14-6-15-25-41)60-32-42-26-16-7-17-27-42/h3-27,36-37,43-44,48-50H,28-35H2,1-2H3,(H,51,52). The predicted octanol–water partition coefficient (Wildman–Crippen LogP) is 8.60. The molecule has 0 aliphatic rings. The van der Waals surface area contributed by atoms with Gasteiger partial charge in [0.15, 0.2) is 11.7 Å². The molecule has 4 atom stereocenters. The SMILES string of the molecule is CC(OCC(CO)(COC(C)C(O)P(=O)(OCc1ccccc1)OCc1ccccc1)N(Cc1ccccc1)C(=O)O)C(O)P(=O)(OCc1ccccc1)OCc1ccccc1. The van der Waals surface area contributed by atoms with Crippen LogP contribution in [0, 0.1) is 0 Å². The summed E-state index contributed by atoms with van der Waals surface area (Å²) in [4.78, 5) is 14.0. The molecule has 332 valence electrons. The van der Waals surface area contributed by atoms with Gasteiger partial charge in [0.2, 0.25) is 0 Å². The number of amides is 1. The normalized spacial score (nSPS) is 14.9. The molecule has 0 aliphatic heterocycles. The number of carboxylic acid groups (broad SMARTS) is 1. The van der Waals surface area contributed by atoms with Gasteiger partial charge in [-0.05, 0) is 41.7 Å². The fourth-order valence-corrected chi connectivity index (χ4v) is 9.45. The number of ether oxygens (including phenoxy) is 2. The Labute approximate surface area is 362 Å². The van der Waals surface area contributed by atoms with Crippen molar-refractivity contribution >= 4 is 21.3 Å². The van der Waals surface area contributed by atoms with Crippen molar-refractivity contribution in [3.63, 3.8) is 0 Å². The van der Waals surface area contributed by atoms with Crippen LogP contribution in [0.15, 0.2) is 152 Å². The van der Waals surface area contributed by atoms with Gasteiger partial charge in [-0.2, -0.15) is 0 Å². The average Bonchev–Trinajstić information content (AvgIpc) is 3.32. The van der Waals surface area contributed by atoms with Gasteiger partial charge in [-0.1, -0.05) is 152 Å². The number of aliphatic hydroxyl groups is 3. The molecule has 4 N–H and O–H groups in total. The summed E-state index contributed by atoms with van der Waals surface area (Å²) in [5.41, 5.74) is 1.32. The average molecular weight is 892 g/mol. The summed E-state index contributed by atoms with van der Waals surface area (Å²) in [5, 5.41) is 45.1. The van der Waals surface area contributed by atoms with Gasteiger partial charge in [-0.3, -0.25) is 14.0 Å². The van der Waals surface area contributed by atoms with Crippen LogP contribution in [0.25, 0.3) is 0 Å². The second-order valence-electron chi connectivity index (χ2n) is 14.7. The molecule has 0 radical (unpaired) electrons. The highest BCUT2D eigenvalue weighted by Gasteiger charge is 2.46. The number of aliphatic hydroxyl groups excluding tert-OH is 3. The Morgan fingerprint density at radius 2 is 0.806 bits per heavy atom. The lowest BCUT2D eigenvalue weighted by Gasteiger charge is -2.42. The molecular formula is C46H55NO13P2. The van der Waals surface area contributed by atoms with E-state index in [9.17, 15) is 34.4 Å². The molecule has 0 saturated heterocycles. The molecule has 5 aromatic carbocycles. The molecule has 0 bridgehead atoms. The molecular weight excluding hydrogens is 836 g/mol. The minimum absolute atomic E-state index is 0.164. The summed E-state index contributed by atoms with van der Waals surface area (Å²) >= 11 is 0. The molecule has 0 heterocycles. The van der Waals surface area contributed by atoms with Crippen molar-refractivity contribution in [2.45, 2.75) is 76.3 Å². The predicted molar refractivity (Wildman–Crippen MR) is 233 cm³/mol. The topological polar surface area (TPSA) is 191 Å². The molecule has 0 aromatic heterocycles. The number of nitrogens with zero attached hydrogens (tertiary/aromatic N) is 1. The van der Waals surface area contributed by atoms with E-state index in [1.165, 1.54) is 13.8 Å². The molecule has 0 saturated carbocycles. The molecule has 1 amide bonds. The Kier molecular flexibility index (Phi) is 18.6. The molecule has 62 heavy (non-hydrogen) atoms. The number of benzene rings is 5. The van der Waals surface area contributed by atoms with Crippen LogP contribution in [0.4, 0.5) is 4.79 Å². The van der Waals surface area contributed by atoms with Crippen LogP contribution in [-0.4, -0.2) is 80.7 Å². The zero-order valence-electron chi connectivity index (χ0n) is 34.7. The van der Waals surface area contributed by atoms with Gasteiger partial charge in [0.1, 0.15) is 5.54 Å². The first-order valence-electron chi connectivity index (χ1n) is 20.0. The molecule has 4 unspecified atom stereocenters. The highest BCUT2D eigenvalue weighted by Crippen LogP contribution is 2.56. The van der Waals surface area contributed by atoms with Gasteiger partial charge in [-0.25, -0.2) is 4.79 Å². The smallest absolute Gasteiger partial charge is 0.408 e. The number of hydrogen-bond acceptors (Lipinski definition) is 12. The van der Waals surface area contributed by atoms with Crippen LogP contribution < -0.4 is 0 Å². The van der Waals surface area contributed by atoms with Crippen molar-refractivity contribution in [1.82, 2.24) is 4.90 Å². The van der Waals surface area contributed by atoms with E-state index in [-0.39, 0.29) is 33.0 Å². The van der Waals surface area contributed by atoms with Crippen LogP contribution >= 0.6 is 15.2 Å². The first-order valence-corrected chi connectivity index (χ1v) is 23.3. The van der Waals surface area contributed by atoms with Gasteiger partial charge in [0, 0.05) is 6.54 Å². The van der Waals surface area contributed by atoms with Crippen molar-refractivity contribution in [2.75, 3.05) is 19.8 Å². The van der Waals surface area contributed by atoms with Gasteiger partial charge >= 0.3 is 21.3 Å². The van der Waals surface area contributed by atoms with Crippen molar-refractivity contribution < 1.29 is 61.9 Å². The Morgan fingerprint density at radius 1 is 0.532 bits per heavy atom. The first kappa shape index (κ1) is 48.5. The van der Waals surface area contributed by atoms with Crippen molar-refractivity contribution in [1.29, 1.82) is 0 Å². The second kappa shape index (κ2) is 23.8. The Hall–Kier alpha value is -4.53. The summed E-state index contributed by atoms with van der Waals surface area (Å²) in [6.07, 6.45) is -4.11. The van der Waals surface area contributed by atoms with Crippen LogP contribution in [0.2, 0.25) is 0 Å². The van der Waals surface area contributed by atoms with Gasteiger partial charge in [0.05, 0.1) is 58.5 Å². The molecule has 5 aromatic rings. The monoisotopic (exact) mass is 891 g/mol. The van der Waals surface area contributed by atoms with Crippen LogP contribution in [0.3, 0.4) is 0 Å². The van der Waals surface area contributed by atoms with E-state index < -0.39 is 70.5 Å². The van der Waals surface area contributed by atoms with Crippen LogP contribution in [0.5, 0.6) is 0 Å². The van der Waals surface area contributed by atoms with Gasteiger partial charge in [0.25, 0.3) is 0 Å². The third kappa shape index (κ3) is 14.0. The van der Waals surface area contributed by atoms with E-state index in [0.29, 0.717) is 27.8 Å². The maximum absolute atomic E-state index is 14.4. The van der Waals surface area contributed by atoms with E-state index in [1.807, 2.05) is 24.3 Å². The summed E-state index contributed by atoms with van der Waals surface area (Å²) in [5.74, 6) is -3.76. The van der Waals surface area contributed by atoms with E-state index >= 15 is 0 Å².